The SMILES string of the molecule is COc1ccn2c(-c3cccc(CN4CCN(C(C)=O)CC4)c3)cnc2c1. The van der Waals surface area contributed by atoms with Crippen LogP contribution in [0.5, 0.6) is 5.75 Å². The van der Waals surface area contributed by atoms with Gasteiger partial charge in [0.1, 0.15) is 11.4 Å². The summed E-state index contributed by atoms with van der Waals surface area (Å²) in [6.07, 6.45) is 3.89. The number of pyridine rings is 1. The highest BCUT2D eigenvalue weighted by molar-refractivity contribution is 5.73. The number of methoxy groups -OCH3 is 1. The molecule has 27 heavy (non-hydrogen) atoms. The Labute approximate surface area is 159 Å². The number of hydrogen-bond donors (Lipinski definition) is 0. The number of carbonyl (C=O) groups excluding carboxylic acids is 1. The maximum absolute atomic E-state index is 11.5. The topological polar surface area (TPSA) is 50.1 Å². The monoisotopic (exact) mass is 364 g/mol. The summed E-state index contributed by atoms with van der Waals surface area (Å²) in [6, 6.07) is 12.5. The van der Waals surface area contributed by atoms with Crippen LogP contribution < -0.4 is 4.74 Å². The number of fused-ring (bicyclic) bond motifs is 1. The van der Waals surface area contributed by atoms with Crippen molar-refractivity contribution in [3.63, 3.8) is 0 Å². The van der Waals surface area contributed by atoms with E-state index in [4.69, 9.17) is 4.74 Å². The molecule has 4 rings (SSSR count). The molecule has 2 aromatic heterocycles. The lowest BCUT2D eigenvalue weighted by Gasteiger charge is -2.34. The minimum atomic E-state index is 0.167. The lowest BCUT2D eigenvalue weighted by atomic mass is 10.1. The van der Waals surface area contributed by atoms with Gasteiger partial charge < -0.3 is 9.64 Å². The summed E-state index contributed by atoms with van der Waals surface area (Å²) in [6.45, 7) is 5.99. The fourth-order valence-electron chi connectivity index (χ4n) is 3.61. The van der Waals surface area contributed by atoms with E-state index in [9.17, 15) is 4.79 Å². The molecule has 3 heterocycles. The second kappa shape index (κ2) is 7.40. The zero-order valence-corrected chi connectivity index (χ0v) is 15.8. The highest BCUT2D eigenvalue weighted by Crippen LogP contribution is 2.24. The molecule has 140 valence electrons. The third kappa shape index (κ3) is 3.66. The van der Waals surface area contributed by atoms with Crippen molar-refractivity contribution in [3.05, 3.63) is 54.4 Å². The number of ether oxygens (including phenoxy) is 1. The largest absolute Gasteiger partial charge is 0.497 e. The van der Waals surface area contributed by atoms with Gasteiger partial charge in [-0.05, 0) is 17.7 Å². The zero-order valence-electron chi connectivity index (χ0n) is 15.8. The Bertz CT molecular complexity index is 958. The fourth-order valence-corrected chi connectivity index (χ4v) is 3.61. The summed E-state index contributed by atoms with van der Waals surface area (Å²) in [5.41, 5.74) is 4.35. The smallest absolute Gasteiger partial charge is 0.219 e. The van der Waals surface area contributed by atoms with Gasteiger partial charge in [0.05, 0.1) is 19.0 Å². The van der Waals surface area contributed by atoms with Crippen LogP contribution >= 0.6 is 0 Å². The Morgan fingerprint density at radius 2 is 1.96 bits per heavy atom. The number of benzene rings is 1. The first-order chi connectivity index (χ1) is 13.1. The van der Waals surface area contributed by atoms with Crippen LogP contribution in [-0.4, -0.2) is 58.4 Å². The molecule has 0 N–H and O–H groups in total. The maximum Gasteiger partial charge on any atom is 0.219 e. The van der Waals surface area contributed by atoms with Crippen LogP contribution in [-0.2, 0) is 11.3 Å². The van der Waals surface area contributed by atoms with Gasteiger partial charge in [0.2, 0.25) is 5.91 Å². The summed E-state index contributed by atoms with van der Waals surface area (Å²) in [5.74, 6) is 0.971. The molecule has 0 saturated carbocycles. The van der Waals surface area contributed by atoms with E-state index in [0.29, 0.717) is 0 Å². The van der Waals surface area contributed by atoms with E-state index in [1.807, 2.05) is 29.4 Å². The second-order valence-electron chi connectivity index (χ2n) is 6.92. The molecule has 1 aromatic carbocycles. The molecule has 0 aliphatic carbocycles. The number of rotatable bonds is 4. The standard InChI is InChI=1S/C21H24N4O2/c1-16(26)24-10-8-23(9-11-24)15-17-4-3-5-18(12-17)20-14-22-21-13-19(27-2)6-7-25(20)21/h3-7,12-14H,8-11,15H2,1-2H3. The van der Waals surface area contributed by atoms with Gasteiger partial charge in [-0.3, -0.25) is 14.1 Å². The Morgan fingerprint density at radius 1 is 1.15 bits per heavy atom. The summed E-state index contributed by atoms with van der Waals surface area (Å²) >= 11 is 0. The van der Waals surface area contributed by atoms with Gasteiger partial charge in [-0.2, -0.15) is 0 Å². The van der Waals surface area contributed by atoms with Crippen molar-refractivity contribution in [1.82, 2.24) is 19.2 Å². The molecule has 1 fully saturated rings. The lowest BCUT2D eigenvalue weighted by Crippen LogP contribution is -2.47. The van der Waals surface area contributed by atoms with E-state index in [-0.39, 0.29) is 5.91 Å². The molecule has 3 aromatic rings. The number of imidazole rings is 1. The van der Waals surface area contributed by atoms with Gasteiger partial charge in [-0.1, -0.05) is 18.2 Å². The van der Waals surface area contributed by atoms with Gasteiger partial charge in [0.15, 0.2) is 0 Å². The highest BCUT2D eigenvalue weighted by atomic mass is 16.5. The van der Waals surface area contributed by atoms with Crippen LogP contribution in [0.2, 0.25) is 0 Å². The first-order valence-corrected chi connectivity index (χ1v) is 9.22. The van der Waals surface area contributed by atoms with E-state index in [1.165, 1.54) is 5.56 Å². The van der Waals surface area contributed by atoms with Crippen molar-refractivity contribution in [2.75, 3.05) is 33.3 Å². The Kier molecular flexibility index (Phi) is 4.81. The molecule has 1 aliphatic rings. The average molecular weight is 364 g/mol. The molecular weight excluding hydrogens is 340 g/mol. The van der Waals surface area contributed by atoms with Gasteiger partial charge in [-0.25, -0.2) is 4.98 Å². The van der Waals surface area contributed by atoms with Crippen molar-refractivity contribution in [2.45, 2.75) is 13.5 Å². The molecule has 0 atom stereocenters. The molecule has 0 bridgehead atoms. The predicted molar refractivity (Wildman–Crippen MR) is 105 cm³/mol. The molecular formula is C21H24N4O2. The molecule has 6 heteroatoms. The summed E-state index contributed by atoms with van der Waals surface area (Å²) in [4.78, 5) is 20.3. The lowest BCUT2D eigenvalue weighted by molar-refractivity contribution is -0.130. The van der Waals surface area contributed by atoms with E-state index in [1.54, 1.807) is 14.0 Å². The maximum atomic E-state index is 11.5. The molecule has 0 unspecified atom stereocenters. The van der Waals surface area contributed by atoms with Crippen LogP contribution in [0.4, 0.5) is 0 Å². The second-order valence-corrected chi connectivity index (χ2v) is 6.92. The van der Waals surface area contributed by atoms with Crippen LogP contribution in [0.3, 0.4) is 0 Å². The van der Waals surface area contributed by atoms with Crippen molar-refractivity contribution < 1.29 is 9.53 Å². The summed E-state index contributed by atoms with van der Waals surface area (Å²) in [5, 5.41) is 0. The number of piperazine rings is 1. The van der Waals surface area contributed by atoms with Gasteiger partial charge >= 0.3 is 0 Å². The molecule has 6 nitrogen and oxygen atoms in total. The summed E-state index contributed by atoms with van der Waals surface area (Å²) in [7, 11) is 1.66. The molecule has 0 spiro atoms. The molecule has 1 saturated heterocycles. The quantitative estimate of drug-likeness (QED) is 0.714. The van der Waals surface area contributed by atoms with Crippen LogP contribution in [0.25, 0.3) is 16.9 Å². The average Bonchev–Trinajstić information content (AvgIpc) is 3.11. The van der Waals surface area contributed by atoms with E-state index in [0.717, 1.165) is 55.4 Å². The third-order valence-corrected chi connectivity index (χ3v) is 5.17. The predicted octanol–water partition coefficient (Wildman–Crippen LogP) is 2.67. The number of hydrogen-bond acceptors (Lipinski definition) is 4. The minimum absolute atomic E-state index is 0.167. The normalized spacial score (nSPS) is 15.3. The zero-order chi connectivity index (χ0) is 18.8. The number of carbonyl (C=O) groups is 1. The number of aromatic nitrogens is 2. The van der Waals surface area contributed by atoms with Crippen LogP contribution in [0.1, 0.15) is 12.5 Å². The minimum Gasteiger partial charge on any atom is -0.497 e. The van der Waals surface area contributed by atoms with Gasteiger partial charge in [-0.15, -0.1) is 0 Å². The van der Waals surface area contributed by atoms with Gasteiger partial charge in [0, 0.05) is 57.5 Å². The van der Waals surface area contributed by atoms with Crippen LogP contribution in [0.15, 0.2) is 48.8 Å². The Hall–Kier alpha value is -2.86. The molecule has 1 amide bonds. The van der Waals surface area contributed by atoms with E-state index >= 15 is 0 Å². The van der Waals surface area contributed by atoms with Crippen molar-refractivity contribution in [2.24, 2.45) is 0 Å². The number of amides is 1. The molecule has 1 aliphatic heterocycles. The van der Waals surface area contributed by atoms with Crippen molar-refractivity contribution in [1.29, 1.82) is 0 Å². The van der Waals surface area contributed by atoms with Crippen molar-refractivity contribution >= 4 is 11.6 Å². The summed E-state index contributed by atoms with van der Waals surface area (Å²) < 4.78 is 7.36. The van der Waals surface area contributed by atoms with E-state index < -0.39 is 0 Å². The van der Waals surface area contributed by atoms with E-state index in [2.05, 4.69) is 38.6 Å². The first-order valence-electron chi connectivity index (χ1n) is 9.22. The van der Waals surface area contributed by atoms with Gasteiger partial charge in [0.25, 0.3) is 0 Å². The first kappa shape index (κ1) is 17.5. The third-order valence-electron chi connectivity index (χ3n) is 5.17. The number of nitrogens with zero attached hydrogens (tertiary/aromatic N) is 4. The highest BCUT2D eigenvalue weighted by Gasteiger charge is 2.18. The fraction of sp³-hybridized carbons (Fsp3) is 0.333. The Balaban J connectivity index is 1.52. The Morgan fingerprint density at radius 3 is 2.70 bits per heavy atom. The van der Waals surface area contributed by atoms with Crippen LogP contribution in [0, 0.1) is 0 Å². The van der Waals surface area contributed by atoms with Crippen molar-refractivity contribution in [3.8, 4) is 17.0 Å². The molecule has 0 radical (unpaired) electrons.